The van der Waals surface area contributed by atoms with Gasteiger partial charge in [-0.3, -0.25) is 9.59 Å². The molecule has 138 valence electrons. The predicted octanol–water partition coefficient (Wildman–Crippen LogP) is 3.87. The Morgan fingerprint density at radius 2 is 1.72 bits per heavy atom. The van der Waals surface area contributed by atoms with E-state index in [1.54, 1.807) is 12.1 Å². The normalized spacial score (nSPS) is 15.8. The van der Waals surface area contributed by atoms with Crippen LogP contribution in [0.3, 0.4) is 0 Å². The Hall–Kier alpha value is -1.60. The summed E-state index contributed by atoms with van der Waals surface area (Å²) in [6.45, 7) is -0.641. The lowest BCUT2D eigenvalue weighted by molar-refractivity contribution is -0.168. The first-order valence-electron chi connectivity index (χ1n) is 7.99. The second-order valence-electron chi connectivity index (χ2n) is 5.91. The number of carbonyl (C=O) groups is 2. The molecule has 0 bridgehead atoms. The highest BCUT2D eigenvalue weighted by molar-refractivity contribution is 6.30. The van der Waals surface area contributed by atoms with Crippen molar-refractivity contribution in [3.63, 3.8) is 0 Å². The summed E-state index contributed by atoms with van der Waals surface area (Å²) in [4.78, 5) is 25.3. The van der Waals surface area contributed by atoms with Crippen molar-refractivity contribution >= 4 is 23.3 Å². The molecule has 0 N–H and O–H groups in total. The van der Waals surface area contributed by atoms with Gasteiger partial charge in [-0.2, -0.15) is 13.2 Å². The SMILES string of the molecule is O=C(CCC(=O)N(CC(F)(F)F)C1CCOCC1)c1ccc(Cl)cc1. The summed E-state index contributed by atoms with van der Waals surface area (Å²) in [5.74, 6) is -0.963. The van der Waals surface area contributed by atoms with Crippen molar-refractivity contribution in [1.29, 1.82) is 0 Å². The van der Waals surface area contributed by atoms with Gasteiger partial charge in [-0.1, -0.05) is 11.6 Å². The van der Waals surface area contributed by atoms with Crippen LogP contribution in [0.2, 0.25) is 5.02 Å². The lowest BCUT2D eigenvalue weighted by Gasteiger charge is -2.34. The number of halogens is 4. The van der Waals surface area contributed by atoms with Crippen LogP contribution in [0.1, 0.15) is 36.0 Å². The van der Waals surface area contributed by atoms with Crippen LogP contribution in [0.15, 0.2) is 24.3 Å². The summed E-state index contributed by atoms with van der Waals surface area (Å²) < 4.78 is 43.6. The van der Waals surface area contributed by atoms with Crippen molar-refractivity contribution in [1.82, 2.24) is 4.90 Å². The molecular formula is C17H19ClF3NO3. The maximum absolute atomic E-state index is 12.8. The number of Topliss-reactive ketones (excluding diaryl/α,β-unsaturated/α-hetero) is 1. The molecule has 1 aliphatic rings. The standard InChI is InChI=1S/C17H19ClF3NO3/c18-13-3-1-12(2-4-13)15(23)5-6-16(24)22(11-17(19,20)21)14-7-9-25-10-8-14/h1-4,14H,5-11H2. The molecule has 1 aromatic carbocycles. The number of amides is 1. The summed E-state index contributed by atoms with van der Waals surface area (Å²) in [6, 6.07) is 5.65. The van der Waals surface area contributed by atoms with Crippen molar-refractivity contribution in [2.24, 2.45) is 0 Å². The van der Waals surface area contributed by atoms with Gasteiger partial charge in [0.15, 0.2) is 5.78 Å². The highest BCUT2D eigenvalue weighted by atomic mass is 35.5. The van der Waals surface area contributed by atoms with E-state index in [0.717, 1.165) is 4.90 Å². The average Bonchev–Trinajstić information content (AvgIpc) is 2.58. The molecule has 8 heteroatoms. The minimum absolute atomic E-state index is 0.141. The van der Waals surface area contributed by atoms with Gasteiger partial charge in [0.25, 0.3) is 0 Å². The maximum atomic E-state index is 12.8. The molecule has 0 aliphatic carbocycles. The topological polar surface area (TPSA) is 46.6 Å². The molecule has 0 radical (unpaired) electrons. The molecule has 0 unspecified atom stereocenters. The Bertz CT molecular complexity index is 598. The molecule has 25 heavy (non-hydrogen) atoms. The van der Waals surface area contributed by atoms with Crippen LogP contribution in [-0.4, -0.2) is 48.6 Å². The number of alkyl halides is 3. The molecule has 1 aliphatic heterocycles. The number of hydrogen-bond acceptors (Lipinski definition) is 3. The smallest absolute Gasteiger partial charge is 0.381 e. The number of nitrogens with zero attached hydrogens (tertiary/aromatic N) is 1. The van der Waals surface area contributed by atoms with E-state index in [-0.39, 0.29) is 18.6 Å². The van der Waals surface area contributed by atoms with Gasteiger partial charge in [0.2, 0.25) is 5.91 Å². The van der Waals surface area contributed by atoms with Crippen molar-refractivity contribution in [2.75, 3.05) is 19.8 Å². The van der Waals surface area contributed by atoms with Gasteiger partial charge in [0.05, 0.1) is 0 Å². The molecule has 1 aromatic rings. The fourth-order valence-electron chi connectivity index (χ4n) is 2.76. The zero-order chi connectivity index (χ0) is 18.4. The van der Waals surface area contributed by atoms with Crippen molar-refractivity contribution in [3.8, 4) is 0 Å². The Labute approximate surface area is 148 Å². The third-order valence-electron chi connectivity index (χ3n) is 4.03. The third kappa shape index (κ3) is 6.32. The van der Waals surface area contributed by atoms with E-state index in [1.165, 1.54) is 12.1 Å². The Morgan fingerprint density at radius 3 is 2.28 bits per heavy atom. The van der Waals surface area contributed by atoms with Crippen LogP contribution in [0.4, 0.5) is 13.2 Å². The van der Waals surface area contributed by atoms with Crippen LogP contribution in [-0.2, 0) is 9.53 Å². The number of rotatable bonds is 6. The van der Waals surface area contributed by atoms with E-state index < -0.39 is 24.7 Å². The molecule has 2 rings (SSSR count). The first-order valence-corrected chi connectivity index (χ1v) is 8.37. The highest BCUT2D eigenvalue weighted by Crippen LogP contribution is 2.23. The largest absolute Gasteiger partial charge is 0.406 e. The number of hydrogen-bond donors (Lipinski definition) is 0. The van der Waals surface area contributed by atoms with Crippen LogP contribution in [0.25, 0.3) is 0 Å². The molecule has 1 heterocycles. The molecule has 4 nitrogen and oxygen atoms in total. The molecule has 0 spiro atoms. The van der Waals surface area contributed by atoms with E-state index in [2.05, 4.69) is 0 Å². The minimum Gasteiger partial charge on any atom is -0.381 e. The molecule has 1 amide bonds. The number of ketones is 1. The molecule has 0 aromatic heterocycles. The average molecular weight is 378 g/mol. The summed E-state index contributed by atoms with van der Waals surface area (Å²) in [7, 11) is 0. The number of carbonyl (C=O) groups excluding carboxylic acids is 2. The van der Waals surface area contributed by atoms with Crippen molar-refractivity contribution in [3.05, 3.63) is 34.9 Å². The van der Waals surface area contributed by atoms with Crippen LogP contribution < -0.4 is 0 Å². The van der Waals surface area contributed by atoms with Gasteiger partial charge in [0.1, 0.15) is 6.54 Å². The van der Waals surface area contributed by atoms with Gasteiger partial charge >= 0.3 is 6.18 Å². The molecule has 1 saturated heterocycles. The zero-order valence-corrected chi connectivity index (χ0v) is 14.3. The second-order valence-corrected chi connectivity index (χ2v) is 6.35. The van der Waals surface area contributed by atoms with Crippen LogP contribution >= 0.6 is 11.6 Å². The summed E-state index contributed by atoms with van der Waals surface area (Å²) in [5, 5.41) is 0.475. The van der Waals surface area contributed by atoms with Crippen molar-refractivity contribution < 1.29 is 27.5 Å². The molecule has 0 saturated carbocycles. The van der Waals surface area contributed by atoms with E-state index in [1.807, 2.05) is 0 Å². The van der Waals surface area contributed by atoms with E-state index in [9.17, 15) is 22.8 Å². The molecular weight excluding hydrogens is 359 g/mol. The van der Waals surface area contributed by atoms with Crippen LogP contribution in [0, 0.1) is 0 Å². The van der Waals surface area contributed by atoms with Gasteiger partial charge in [0, 0.05) is 42.7 Å². The molecule has 0 atom stereocenters. The first-order chi connectivity index (χ1) is 11.8. The van der Waals surface area contributed by atoms with Gasteiger partial charge in [-0.25, -0.2) is 0 Å². The number of benzene rings is 1. The Morgan fingerprint density at radius 1 is 1.12 bits per heavy atom. The monoisotopic (exact) mass is 377 g/mol. The molecule has 1 fully saturated rings. The number of ether oxygens (including phenoxy) is 1. The summed E-state index contributed by atoms with van der Waals surface area (Å²) >= 11 is 5.74. The third-order valence-corrected chi connectivity index (χ3v) is 4.29. The van der Waals surface area contributed by atoms with E-state index in [0.29, 0.717) is 36.6 Å². The fourth-order valence-corrected chi connectivity index (χ4v) is 2.88. The van der Waals surface area contributed by atoms with Crippen LogP contribution in [0.5, 0.6) is 0 Å². The van der Waals surface area contributed by atoms with Gasteiger partial charge in [-0.15, -0.1) is 0 Å². The predicted molar refractivity (Wildman–Crippen MR) is 86.6 cm³/mol. The lowest BCUT2D eigenvalue weighted by atomic mass is 10.0. The van der Waals surface area contributed by atoms with Crippen molar-refractivity contribution in [2.45, 2.75) is 37.9 Å². The Kier molecular flexibility index (Phi) is 6.84. The van der Waals surface area contributed by atoms with E-state index in [4.69, 9.17) is 16.3 Å². The lowest BCUT2D eigenvalue weighted by Crippen LogP contribution is -2.47. The quantitative estimate of drug-likeness (QED) is 0.707. The summed E-state index contributed by atoms with van der Waals surface area (Å²) in [5.41, 5.74) is 0.380. The zero-order valence-electron chi connectivity index (χ0n) is 13.5. The maximum Gasteiger partial charge on any atom is 0.406 e. The fraction of sp³-hybridized carbons (Fsp3) is 0.529. The van der Waals surface area contributed by atoms with Gasteiger partial charge < -0.3 is 9.64 Å². The van der Waals surface area contributed by atoms with E-state index >= 15 is 0 Å². The highest BCUT2D eigenvalue weighted by Gasteiger charge is 2.36. The van der Waals surface area contributed by atoms with Gasteiger partial charge in [-0.05, 0) is 37.1 Å². The minimum atomic E-state index is -4.48. The second kappa shape index (κ2) is 8.67. The summed E-state index contributed by atoms with van der Waals surface area (Å²) in [6.07, 6.45) is -4.14. The Balaban J connectivity index is 1.98. The first kappa shape index (κ1) is 19.7.